The van der Waals surface area contributed by atoms with E-state index >= 15 is 0 Å². The van der Waals surface area contributed by atoms with Crippen molar-refractivity contribution in [3.63, 3.8) is 0 Å². The lowest BCUT2D eigenvalue weighted by molar-refractivity contribution is 0.465. The Labute approximate surface area is 109 Å². The van der Waals surface area contributed by atoms with Crippen LogP contribution in [0.2, 0.25) is 0 Å². The number of sulfonamides is 1. The van der Waals surface area contributed by atoms with Crippen molar-refractivity contribution in [2.24, 2.45) is 0 Å². The van der Waals surface area contributed by atoms with Gasteiger partial charge in [0.1, 0.15) is 10.8 Å². The normalized spacial score (nSPS) is 11.9. The maximum absolute atomic E-state index is 12.8. The number of aromatic nitrogens is 1. The Bertz CT molecular complexity index is 609. The lowest BCUT2D eigenvalue weighted by Gasteiger charge is -2.15. The monoisotopic (exact) mass is 286 g/mol. The van der Waals surface area contributed by atoms with Crippen molar-refractivity contribution >= 4 is 21.4 Å². The zero-order valence-corrected chi connectivity index (χ0v) is 11.2. The largest absolute Gasteiger partial charge is 0.248 e. The Morgan fingerprint density at radius 3 is 2.56 bits per heavy atom. The van der Waals surface area contributed by atoms with Crippen molar-refractivity contribution in [2.75, 3.05) is 7.05 Å². The van der Waals surface area contributed by atoms with Crippen LogP contribution in [0.5, 0.6) is 0 Å². The van der Waals surface area contributed by atoms with E-state index in [2.05, 4.69) is 4.98 Å². The smallest absolute Gasteiger partial charge is 0.243 e. The molecule has 0 aliphatic heterocycles. The van der Waals surface area contributed by atoms with E-state index in [-0.39, 0.29) is 11.4 Å². The standard InChI is InChI=1S/C11H11FN2O2S2/c1-14(8-11-13-6-7-17-11)18(15,16)10-4-2-9(12)3-5-10/h2-7H,8H2,1H3. The van der Waals surface area contributed by atoms with Gasteiger partial charge in [-0.05, 0) is 24.3 Å². The molecular weight excluding hydrogens is 275 g/mol. The first-order valence-electron chi connectivity index (χ1n) is 5.10. The summed E-state index contributed by atoms with van der Waals surface area (Å²) < 4.78 is 38.3. The number of hydrogen-bond acceptors (Lipinski definition) is 4. The van der Waals surface area contributed by atoms with E-state index < -0.39 is 15.8 Å². The fourth-order valence-corrected chi connectivity index (χ4v) is 3.28. The van der Waals surface area contributed by atoms with Gasteiger partial charge in [0, 0.05) is 18.6 Å². The van der Waals surface area contributed by atoms with E-state index in [1.54, 1.807) is 11.6 Å². The van der Waals surface area contributed by atoms with Crippen LogP contribution in [0.25, 0.3) is 0 Å². The van der Waals surface area contributed by atoms with Crippen LogP contribution in [0.15, 0.2) is 40.7 Å². The average molecular weight is 286 g/mol. The molecule has 1 aromatic heterocycles. The number of benzene rings is 1. The van der Waals surface area contributed by atoms with Gasteiger partial charge in [-0.1, -0.05) is 0 Å². The van der Waals surface area contributed by atoms with Crippen molar-refractivity contribution in [1.82, 2.24) is 9.29 Å². The summed E-state index contributed by atoms with van der Waals surface area (Å²) in [7, 11) is -2.13. The predicted octanol–water partition coefficient (Wildman–Crippen LogP) is 2.10. The Morgan fingerprint density at radius 1 is 1.33 bits per heavy atom. The molecule has 2 aromatic rings. The van der Waals surface area contributed by atoms with Crippen molar-refractivity contribution in [1.29, 1.82) is 0 Å². The van der Waals surface area contributed by atoms with Crippen molar-refractivity contribution in [3.8, 4) is 0 Å². The highest BCUT2D eigenvalue weighted by Gasteiger charge is 2.21. The Balaban J connectivity index is 2.22. The summed E-state index contributed by atoms with van der Waals surface area (Å²) in [6, 6.07) is 4.76. The molecule has 0 saturated carbocycles. The quantitative estimate of drug-likeness (QED) is 0.865. The van der Waals surface area contributed by atoms with E-state index in [4.69, 9.17) is 0 Å². The zero-order valence-electron chi connectivity index (χ0n) is 9.58. The van der Waals surface area contributed by atoms with Gasteiger partial charge in [-0.25, -0.2) is 17.8 Å². The van der Waals surface area contributed by atoms with Gasteiger partial charge in [-0.2, -0.15) is 4.31 Å². The number of hydrogen-bond donors (Lipinski definition) is 0. The summed E-state index contributed by atoms with van der Waals surface area (Å²) in [4.78, 5) is 4.10. The molecule has 0 saturated heterocycles. The summed E-state index contributed by atoms with van der Waals surface area (Å²) in [5.41, 5.74) is 0. The van der Waals surface area contributed by atoms with Crippen LogP contribution in [0.4, 0.5) is 4.39 Å². The molecule has 0 atom stereocenters. The van der Waals surface area contributed by atoms with E-state index in [9.17, 15) is 12.8 Å². The molecule has 96 valence electrons. The molecule has 1 aromatic carbocycles. The van der Waals surface area contributed by atoms with Crippen LogP contribution in [0, 0.1) is 5.82 Å². The molecule has 0 spiro atoms. The summed E-state index contributed by atoms with van der Waals surface area (Å²) >= 11 is 1.39. The van der Waals surface area contributed by atoms with Gasteiger partial charge in [-0.15, -0.1) is 11.3 Å². The molecule has 0 bridgehead atoms. The van der Waals surface area contributed by atoms with Crippen LogP contribution >= 0.6 is 11.3 Å². The molecule has 0 aliphatic carbocycles. The van der Waals surface area contributed by atoms with Gasteiger partial charge in [0.05, 0.1) is 11.4 Å². The molecule has 18 heavy (non-hydrogen) atoms. The van der Waals surface area contributed by atoms with Gasteiger partial charge in [-0.3, -0.25) is 0 Å². The molecule has 0 unspecified atom stereocenters. The van der Waals surface area contributed by atoms with Crippen molar-refractivity contribution in [2.45, 2.75) is 11.4 Å². The van der Waals surface area contributed by atoms with E-state index in [1.165, 1.54) is 34.8 Å². The minimum Gasteiger partial charge on any atom is -0.248 e. The van der Waals surface area contributed by atoms with Crippen LogP contribution in [-0.2, 0) is 16.6 Å². The molecule has 0 fully saturated rings. The van der Waals surface area contributed by atoms with Crippen LogP contribution < -0.4 is 0 Å². The molecular formula is C11H11FN2O2S2. The Morgan fingerprint density at radius 2 is 2.00 bits per heavy atom. The fraction of sp³-hybridized carbons (Fsp3) is 0.182. The van der Waals surface area contributed by atoms with Crippen LogP contribution in [-0.4, -0.2) is 24.8 Å². The minimum absolute atomic E-state index is 0.0722. The lowest BCUT2D eigenvalue weighted by atomic mass is 10.4. The first-order chi connectivity index (χ1) is 8.50. The second kappa shape index (κ2) is 5.13. The van der Waals surface area contributed by atoms with Gasteiger partial charge in [0.15, 0.2) is 0 Å². The molecule has 7 heteroatoms. The molecule has 0 N–H and O–H groups in total. The number of rotatable bonds is 4. The van der Waals surface area contributed by atoms with E-state index in [0.717, 1.165) is 12.1 Å². The van der Waals surface area contributed by atoms with Gasteiger partial charge in [0.25, 0.3) is 0 Å². The number of halogens is 1. The van der Waals surface area contributed by atoms with Crippen molar-refractivity contribution in [3.05, 3.63) is 46.7 Å². The average Bonchev–Trinajstić information content (AvgIpc) is 2.82. The highest BCUT2D eigenvalue weighted by atomic mass is 32.2. The van der Waals surface area contributed by atoms with Gasteiger partial charge in [0.2, 0.25) is 10.0 Å². The molecule has 2 rings (SSSR count). The molecule has 4 nitrogen and oxygen atoms in total. The van der Waals surface area contributed by atoms with E-state index in [0.29, 0.717) is 5.01 Å². The topological polar surface area (TPSA) is 50.3 Å². The second-order valence-electron chi connectivity index (χ2n) is 3.64. The summed E-state index contributed by atoms with van der Waals surface area (Å²) in [5, 5.41) is 2.50. The highest BCUT2D eigenvalue weighted by molar-refractivity contribution is 7.89. The van der Waals surface area contributed by atoms with Crippen molar-refractivity contribution < 1.29 is 12.8 Å². The Kier molecular flexibility index (Phi) is 3.74. The third-order valence-electron chi connectivity index (χ3n) is 2.36. The SMILES string of the molecule is CN(Cc1nccs1)S(=O)(=O)c1ccc(F)cc1. The zero-order chi connectivity index (χ0) is 13.2. The van der Waals surface area contributed by atoms with Gasteiger partial charge < -0.3 is 0 Å². The van der Waals surface area contributed by atoms with Gasteiger partial charge >= 0.3 is 0 Å². The fourth-order valence-electron chi connectivity index (χ4n) is 1.39. The highest BCUT2D eigenvalue weighted by Crippen LogP contribution is 2.17. The third kappa shape index (κ3) is 2.74. The van der Waals surface area contributed by atoms with Crippen LogP contribution in [0.1, 0.15) is 5.01 Å². The summed E-state index contributed by atoms with van der Waals surface area (Å²) in [6.45, 7) is 0.206. The molecule has 0 radical (unpaired) electrons. The van der Waals surface area contributed by atoms with Crippen LogP contribution in [0.3, 0.4) is 0 Å². The van der Waals surface area contributed by atoms with E-state index in [1.807, 2.05) is 0 Å². The maximum atomic E-state index is 12.8. The lowest BCUT2D eigenvalue weighted by Crippen LogP contribution is -2.26. The number of thiazole rings is 1. The Hall–Kier alpha value is -1.31. The predicted molar refractivity (Wildman–Crippen MR) is 67.2 cm³/mol. The molecule has 0 amide bonds. The minimum atomic E-state index is -3.60. The first kappa shape index (κ1) is 13.1. The second-order valence-corrected chi connectivity index (χ2v) is 6.66. The third-order valence-corrected chi connectivity index (χ3v) is 4.95. The summed E-state index contributed by atoms with van der Waals surface area (Å²) in [5.74, 6) is -0.462. The summed E-state index contributed by atoms with van der Waals surface area (Å²) in [6.07, 6.45) is 1.62. The first-order valence-corrected chi connectivity index (χ1v) is 7.42. The molecule has 0 aliphatic rings. The number of nitrogens with zero attached hydrogens (tertiary/aromatic N) is 2. The molecule has 1 heterocycles. The maximum Gasteiger partial charge on any atom is 0.243 e.